The maximum atomic E-state index is 6.13. The van der Waals surface area contributed by atoms with Crippen molar-refractivity contribution in [2.75, 3.05) is 24.5 Å². The molecule has 0 bridgehead atoms. The minimum absolute atomic E-state index is 0.777. The standard InChI is InChI=1S/C15H23ClN2/c16-14-7-8-15(18-10-4-1-5-11-18)13(12-14)6-2-3-9-17/h7-8,12H,1-6,9-11,17H2. The number of benzene rings is 1. The molecule has 0 radical (unpaired) electrons. The molecule has 2 rings (SSSR count). The van der Waals surface area contributed by atoms with Crippen LogP contribution in [0, 0.1) is 0 Å². The van der Waals surface area contributed by atoms with Gasteiger partial charge in [-0.3, -0.25) is 0 Å². The molecule has 0 aliphatic carbocycles. The third kappa shape index (κ3) is 3.63. The summed E-state index contributed by atoms with van der Waals surface area (Å²) >= 11 is 6.13. The molecule has 0 amide bonds. The van der Waals surface area contributed by atoms with Crippen molar-refractivity contribution < 1.29 is 0 Å². The summed E-state index contributed by atoms with van der Waals surface area (Å²) in [5.74, 6) is 0. The fourth-order valence-corrected chi connectivity index (χ4v) is 2.85. The van der Waals surface area contributed by atoms with Crippen molar-refractivity contribution in [2.24, 2.45) is 5.73 Å². The van der Waals surface area contributed by atoms with Gasteiger partial charge in [-0.2, -0.15) is 0 Å². The van der Waals surface area contributed by atoms with Crippen LogP contribution in [0.5, 0.6) is 0 Å². The fraction of sp³-hybridized carbons (Fsp3) is 0.600. The van der Waals surface area contributed by atoms with Crippen LogP contribution in [0.25, 0.3) is 0 Å². The van der Waals surface area contributed by atoms with Gasteiger partial charge in [-0.25, -0.2) is 0 Å². The summed E-state index contributed by atoms with van der Waals surface area (Å²) in [5, 5.41) is 0.846. The number of nitrogens with two attached hydrogens (primary N) is 1. The third-order valence-electron chi connectivity index (χ3n) is 3.64. The number of rotatable bonds is 5. The van der Waals surface area contributed by atoms with Crippen LogP contribution in [-0.2, 0) is 6.42 Å². The lowest BCUT2D eigenvalue weighted by molar-refractivity contribution is 0.575. The quantitative estimate of drug-likeness (QED) is 0.825. The van der Waals surface area contributed by atoms with Gasteiger partial charge in [-0.05, 0) is 68.8 Å². The first-order valence-corrected chi connectivity index (χ1v) is 7.42. The van der Waals surface area contributed by atoms with Gasteiger partial charge in [0, 0.05) is 23.8 Å². The number of nitrogens with zero attached hydrogens (tertiary/aromatic N) is 1. The van der Waals surface area contributed by atoms with Crippen molar-refractivity contribution in [3.8, 4) is 0 Å². The summed E-state index contributed by atoms with van der Waals surface area (Å²) in [6.07, 6.45) is 7.32. The zero-order chi connectivity index (χ0) is 12.8. The van der Waals surface area contributed by atoms with E-state index >= 15 is 0 Å². The predicted molar refractivity (Wildman–Crippen MR) is 79.5 cm³/mol. The summed E-state index contributed by atoms with van der Waals surface area (Å²) in [6, 6.07) is 6.32. The van der Waals surface area contributed by atoms with E-state index in [4.69, 9.17) is 17.3 Å². The predicted octanol–water partition coefficient (Wildman–Crippen LogP) is 3.61. The van der Waals surface area contributed by atoms with E-state index in [0.717, 1.165) is 30.8 Å². The molecule has 0 spiro atoms. The Balaban J connectivity index is 2.11. The first-order valence-electron chi connectivity index (χ1n) is 7.04. The minimum Gasteiger partial charge on any atom is -0.371 e. The van der Waals surface area contributed by atoms with Crippen molar-refractivity contribution in [1.82, 2.24) is 0 Å². The maximum absolute atomic E-state index is 6.13. The molecule has 0 saturated carbocycles. The molecular weight excluding hydrogens is 244 g/mol. The van der Waals surface area contributed by atoms with E-state index in [1.807, 2.05) is 6.07 Å². The van der Waals surface area contributed by atoms with Crippen LogP contribution in [0.1, 0.15) is 37.7 Å². The van der Waals surface area contributed by atoms with Gasteiger partial charge in [0.05, 0.1) is 0 Å². The van der Waals surface area contributed by atoms with Crippen molar-refractivity contribution in [2.45, 2.75) is 38.5 Å². The number of halogens is 1. The molecule has 100 valence electrons. The molecule has 1 saturated heterocycles. The fourth-order valence-electron chi connectivity index (χ4n) is 2.66. The van der Waals surface area contributed by atoms with Gasteiger partial charge in [0.25, 0.3) is 0 Å². The van der Waals surface area contributed by atoms with E-state index < -0.39 is 0 Å². The smallest absolute Gasteiger partial charge is 0.0410 e. The second-order valence-electron chi connectivity index (χ2n) is 5.07. The van der Waals surface area contributed by atoms with Gasteiger partial charge >= 0.3 is 0 Å². The summed E-state index contributed by atoms with van der Waals surface area (Å²) < 4.78 is 0. The zero-order valence-electron chi connectivity index (χ0n) is 11.0. The monoisotopic (exact) mass is 266 g/mol. The Hall–Kier alpha value is -0.730. The molecule has 0 aromatic heterocycles. The number of aryl methyl sites for hydroxylation is 1. The van der Waals surface area contributed by atoms with E-state index in [2.05, 4.69) is 17.0 Å². The first-order chi connectivity index (χ1) is 8.81. The van der Waals surface area contributed by atoms with Gasteiger partial charge in [0.15, 0.2) is 0 Å². The minimum atomic E-state index is 0.777. The van der Waals surface area contributed by atoms with E-state index in [1.54, 1.807) is 0 Å². The SMILES string of the molecule is NCCCCc1cc(Cl)ccc1N1CCCCC1. The van der Waals surface area contributed by atoms with Crippen molar-refractivity contribution in [3.05, 3.63) is 28.8 Å². The normalized spacial score (nSPS) is 16.0. The Morgan fingerprint density at radius 1 is 1.11 bits per heavy atom. The average Bonchev–Trinajstić information content (AvgIpc) is 2.40. The van der Waals surface area contributed by atoms with Gasteiger partial charge < -0.3 is 10.6 Å². The van der Waals surface area contributed by atoms with Crippen molar-refractivity contribution >= 4 is 17.3 Å². The van der Waals surface area contributed by atoms with Crippen LogP contribution in [0.15, 0.2) is 18.2 Å². The van der Waals surface area contributed by atoms with E-state index in [0.29, 0.717) is 0 Å². The Morgan fingerprint density at radius 2 is 1.89 bits per heavy atom. The lowest BCUT2D eigenvalue weighted by Crippen LogP contribution is -2.30. The highest BCUT2D eigenvalue weighted by Gasteiger charge is 2.14. The largest absolute Gasteiger partial charge is 0.371 e. The van der Waals surface area contributed by atoms with E-state index in [9.17, 15) is 0 Å². The maximum Gasteiger partial charge on any atom is 0.0410 e. The highest BCUT2D eigenvalue weighted by atomic mass is 35.5. The molecular formula is C15H23ClN2. The Morgan fingerprint density at radius 3 is 2.61 bits per heavy atom. The van der Waals surface area contributed by atoms with Crippen LogP contribution in [0.2, 0.25) is 5.02 Å². The number of anilines is 1. The second-order valence-corrected chi connectivity index (χ2v) is 5.50. The van der Waals surface area contributed by atoms with Crippen LogP contribution in [-0.4, -0.2) is 19.6 Å². The van der Waals surface area contributed by atoms with Gasteiger partial charge in [-0.15, -0.1) is 0 Å². The Labute approximate surface area is 115 Å². The average molecular weight is 267 g/mol. The highest BCUT2D eigenvalue weighted by Crippen LogP contribution is 2.28. The summed E-state index contributed by atoms with van der Waals surface area (Å²) in [7, 11) is 0. The van der Waals surface area contributed by atoms with Crippen molar-refractivity contribution in [3.63, 3.8) is 0 Å². The van der Waals surface area contributed by atoms with Crippen LogP contribution >= 0.6 is 11.6 Å². The molecule has 1 aromatic carbocycles. The molecule has 1 aliphatic rings. The number of piperidine rings is 1. The summed E-state index contributed by atoms with van der Waals surface area (Å²) in [6.45, 7) is 3.15. The molecule has 2 nitrogen and oxygen atoms in total. The molecule has 1 heterocycles. The molecule has 1 aromatic rings. The van der Waals surface area contributed by atoms with Crippen LogP contribution in [0.4, 0.5) is 5.69 Å². The van der Waals surface area contributed by atoms with E-state index in [-0.39, 0.29) is 0 Å². The molecule has 18 heavy (non-hydrogen) atoms. The molecule has 0 atom stereocenters. The molecule has 3 heteroatoms. The molecule has 1 fully saturated rings. The van der Waals surface area contributed by atoms with E-state index in [1.165, 1.54) is 43.6 Å². The van der Waals surface area contributed by atoms with Crippen molar-refractivity contribution in [1.29, 1.82) is 0 Å². The first kappa shape index (κ1) is 13.7. The summed E-state index contributed by atoms with van der Waals surface area (Å²) in [5.41, 5.74) is 8.34. The Kier molecular flexibility index (Phi) is 5.33. The van der Waals surface area contributed by atoms with Gasteiger partial charge in [0.2, 0.25) is 0 Å². The number of unbranched alkanes of at least 4 members (excludes halogenated alkanes) is 1. The van der Waals surface area contributed by atoms with Crippen LogP contribution < -0.4 is 10.6 Å². The third-order valence-corrected chi connectivity index (χ3v) is 3.87. The molecule has 1 aliphatic heterocycles. The van der Waals surface area contributed by atoms with Gasteiger partial charge in [-0.1, -0.05) is 11.6 Å². The second kappa shape index (κ2) is 7.01. The number of hydrogen-bond donors (Lipinski definition) is 1. The summed E-state index contributed by atoms with van der Waals surface area (Å²) in [4.78, 5) is 2.51. The topological polar surface area (TPSA) is 29.3 Å². The lowest BCUT2D eigenvalue weighted by atomic mass is 10.0. The number of hydrogen-bond acceptors (Lipinski definition) is 2. The van der Waals surface area contributed by atoms with Crippen LogP contribution in [0.3, 0.4) is 0 Å². The molecule has 0 unspecified atom stereocenters. The zero-order valence-corrected chi connectivity index (χ0v) is 11.8. The lowest BCUT2D eigenvalue weighted by Gasteiger charge is -2.30. The highest BCUT2D eigenvalue weighted by molar-refractivity contribution is 6.30. The Bertz CT molecular complexity index is 373. The van der Waals surface area contributed by atoms with Gasteiger partial charge in [0.1, 0.15) is 0 Å². The molecule has 2 N–H and O–H groups in total.